The van der Waals surface area contributed by atoms with Crippen LogP contribution in [0.4, 0.5) is 0 Å². The maximum absolute atomic E-state index is 11.6. The van der Waals surface area contributed by atoms with E-state index >= 15 is 0 Å². The summed E-state index contributed by atoms with van der Waals surface area (Å²) in [6.45, 7) is 6.15. The summed E-state index contributed by atoms with van der Waals surface area (Å²) in [5.41, 5.74) is -0.422. The molecule has 0 spiro atoms. The predicted molar refractivity (Wildman–Crippen MR) is 53.1 cm³/mol. The smallest absolute Gasteiger partial charge is 0.168 e. The summed E-state index contributed by atoms with van der Waals surface area (Å²) in [5, 5.41) is 0. The highest BCUT2D eigenvalue weighted by Crippen LogP contribution is 2.20. The molecule has 0 aromatic rings. The minimum absolute atomic E-state index is 0.00185. The monoisotopic (exact) mass is 198 g/mol. The normalized spacial score (nSPS) is 22.4. The fraction of sp³-hybridized carbons (Fsp3) is 0.818. The van der Waals surface area contributed by atoms with Crippen molar-refractivity contribution < 1.29 is 14.3 Å². The van der Waals surface area contributed by atoms with Crippen LogP contribution in [0.1, 0.15) is 40.0 Å². The van der Waals surface area contributed by atoms with Gasteiger partial charge in [0, 0.05) is 12.0 Å². The van der Waals surface area contributed by atoms with Gasteiger partial charge in [0.05, 0.1) is 6.42 Å². The standard InChI is InChI=1S/C11H18O3/c1-11(2,3)10(13)7-8(12)9-5-4-6-14-9/h9H,4-7H2,1-3H3. The fourth-order valence-corrected chi connectivity index (χ4v) is 1.37. The van der Waals surface area contributed by atoms with Crippen molar-refractivity contribution in [2.45, 2.75) is 46.1 Å². The van der Waals surface area contributed by atoms with Crippen LogP contribution >= 0.6 is 0 Å². The van der Waals surface area contributed by atoms with Crippen molar-refractivity contribution in [3.63, 3.8) is 0 Å². The zero-order chi connectivity index (χ0) is 10.8. The molecule has 1 aliphatic rings. The third kappa shape index (κ3) is 2.91. The van der Waals surface area contributed by atoms with E-state index < -0.39 is 5.41 Å². The van der Waals surface area contributed by atoms with Crippen LogP contribution in [0, 0.1) is 5.41 Å². The Kier molecular flexibility index (Phi) is 3.43. The zero-order valence-electron chi connectivity index (χ0n) is 9.13. The van der Waals surface area contributed by atoms with Gasteiger partial charge in [-0.2, -0.15) is 0 Å². The highest BCUT2D eigenvalue weighted by Gasteiger charge is 2.29. The van der Waals surface area contributed by atoms with Gasteiger partial charge in [-0.1, -0.05) is 20.8 Å². The third-order valence-corrected chi connectivity index (χ3v) is 2.46. The molecule has 0 N–H and O–H groups in total. The minimum atomic E-state index is -0.422. The summed E-state index contributed by atoms with van der Waals surface area (Å²) in [6.07, 6.45) is 1.41. The molecule has 3 nitrogen and oxygen atoms in total. The van der Waals surface area contributed by atoms with Crippen LogP contribution in [0.25, 0.3) is 0 Å². The first-order valence-electron chi connectivity index (χ1n) is 5.09. The SMILES string of the molecule is CC(C)(C)C(=O)CC(=O)C1CCCO1. The molecule has 1 aliphatic heterocycles. The first-order valence-corrected chi connectivity index (χ1v) is 5.09. The van der Waals surface area contributed by atoms with Crippen molar-refractivity contribution in [2.24, 2.45) is 5.41 Å². The number of ether oxygens (including phenoxy) is 1. The lowest BCUT2D eigenvalue weighted by Gasteiger charge is -2.17. The van der Waals surface area contributed by atoms with Gasteiger partial charge in [-0.05, 0) is 12.8 Å². The molecular weight excluding hydrogens is 180 g/mol. The molecule has 0 bridgehead atoms. The second kappa shape index (κ2) is 4.22. The molecule has 14 heavy (non-hydrogen) atoms. The molecule has 0 aliphatic carbocycles. The van der Waals surface area contributed by atoms with E-state index in [1.165, 1.54) is 0 Å². The molecule has 1 rings (SSSR count). The molecule has 1 unspecified atom stereocenters. The lowest BCUT2D eigenvalue weighted by Crippen LogP contribution is -2.28. The number of Topliss-reactive ketones (excluding diaryl/α,β-unsaturated/α-hetero) is 2. The summed E-state index contributed by atoms with van der Waals surface area (Å²) >= 11 is 0. The lowest BCUT2D eigenvalue weighted by molar-refractivity contribution is -0.136. The van der Waals surface area contributed by atoms with Gasteiger partial charge in [-0.25, -0.2) is 0 Å². The summed E-state index contributed by atoms with van der Waals surface area (Å²) in [7, 11) is 0. The van der Waals surface area contributed by atoms with Crippen LogP contribution in [0.5, 0.6) is 0 Å². The van der Waals surface area contributed by atoms with E-state index in [1.54, 1.807) is 0 Å². The second-order valence-electron chi connectivity index (χ2n) is 4.82. The van der Waals surface area contributed by atoms with Gasteiger partial charge in [0.25, 0.3) is 0 Å². The van der Waals surface area contributed by atoms with E-state index in [1.807, 2.05) is 20.8 Å². The first kappa shape index (κ1) is 11.4. The van der Waals surface area contributed by atoms with Crippen molar-refractivity contribution in [1.82, 2.24) is 0 Å². The van der Waals surface area contributed by atoms with E-state index in [4.69, 9.17) is 4.74 Å². The summed E-state index contributed by atoms with van der Waals surface area (Å²) in [5.74, 6) is -0.0552. The number of carbonyl (C=O) groups is 2. The van der Waals surface area contributed by atoms with E-state index in [-0.39, 0.29) is 24.1 Å². The average molecular weight is 198 g/mol. The lowest BCUT2D eigenvalue weighted by atomic mass is 9.87. The largest absolute Gasteiger partial charge is 0.370 e. The van der Waals surface area contributed by atoms with Gasteiger partial charge in [0.15, 0.2) is 5.78 Å². The highest BCUT2D eigenvalue weighted by atomic mass is 16.5. The maximum Gasteiger partial charge on any atom is 0.168 e. The molecule has 0 amide bonds. The van der Waals surface area contributed by atoms with Crippen molar-refractivity contribution in [3.8, 4) is 0 Å². The van der Waals surface area contributed by atoms with Crippen LogP contribution in [0.3, 0.4) is 0 Å². The number of rotatable bonds is 3. The summed E-state index contributed by atoms with van der Waals surface area (Å²) in [4.78, 5) is 23.1. The summed E-state index contributed by atoms with van der Waals surface area (Å²) < 4.78 is 5.23. The van der Waals surface area contributed by atoms with E-state index in [2.05, 4.69) is 0 Å². The van der Waals surface area contributed by atoms with Crippen LogP contribution < -0.4 is 0 Å². The number of hydrogen-bond acceptors (Lipinski definition) is 3. The molecule has 80 valence electrons. The third-order valence-electron chi connectivity index (χ3n) is 2.46. The topological polar surface area (TPSA) is 43.4 Å². The molecule has 1 heterocycles. The highest BCUT2D eigenvalue weighted by molar-refractivity contribution is 6.03. The Morgan fingerprint density at radius 3 is 2.43 bits per heavy atom. The Bertz CT molecular complexity index is 231. The molecule has 3 heteroatoms. The number of hydrogen-bond donors (Lipinski definition) is 0. The fourth-order valence-electron chi connectivity index (χ4n) is 1.37. The Morgan fingerprint density at radius 2 is 2.00 bits per heavy atom. The molecule has 0 aromatic carbocycles. The Labute approximate surface area is 84.8 Å². The van der Waals surface area contributed by atoms with Crippen LogP contribution in [0.2, 0.25) is 0 Å². The van der Waals surface area contributed by atoms with Gasteiger partial charge in [-0.15, -0.1) is 0 Å². The van der Waals surface area contributed by atoms with Crippen LogP contribution in [0.15, 0.2) is 0 Å². The molecule has 1 saturated heterocycles. The van der Waals surface area contributed by atoms with Crippen LogP contribution in [-0.4, -0.2) is 24.3 Å². The van der Waals surface area contributed by atoms with Gasteiger partial charge in [0.1, 0.15) is 11.9 Å². The van der Waals surface area contributed by atoms with Crippen molar-refractivity contribution >= 4 is 11.6 Å². The van der Waals surface area contributed by atoms with Crippen molar-refractivity contribution in [1.29, 1.82) is 0 Å². The van der Waals surface area contributed by atoms with Gasteiger partial charge < -0.3 is 4.74 Å². The number of ketones is 2. The molecule has 0 saturated carbocycles. The first-order chi connectivity index (χ1) is 6.41. The molecule has 1 atom stereocenters. The number of carbonyl (C=O) groups excluding carboxylic acids is 2. The average Bonchev–Trinajstić information content (AvgIpc) is 2.53. The maximum atomic E-state index is 11.6. The van der Waals surface area contributed by atoms with E-state index in [9.17, 15) is 9.59 Å². The zero-order valence-corrected chi connectivity index (χ0v) is 9.13. The predicted octanol–water partition coefficient (Wildman–Crippen LogP) is 1.74. The van der Waals surface area contributed by atoms with E-state index in [0.29, 0.717) is 6.61 Å². The molecule has 0 radical (unpaired) electrons. The van der Waals surface area contributed by atoms with Crippen molar-refractivity contribution in [2.75, 3.05) is 6.61 Å². The Balaban J connectivity index is 2.44. The van der Waals surface area contributed by atoms with Gasteiger partial charge in [0.2, 0.25) is 0 Å². The van der Waals surface area contributed by atoms with Crippen molar-refractivity contribution in [3.05, 3.63) is 0 Å². The van der Waals surface area contributed by atoms with Crippen LogP contribution in [-0.2, 0) is 14.3 Å². The molecule has 0 aromatic heterocycles. The molecule has 1 fully saturated rings. The quantitative estimate of drug-likeness (QED) is 0.649. The van der Waals surface area contributed by atoms with Gasteiger partial charge in [-0.3, -0.25) is 9.59 Å². The molecular formula is C11H18O3. The minimum Gasteiger partial charge on any atom is -0.370 e. The van der Waals surface area contributed by atoms with Gasteiger partial charge >= 0.3 is 0 Å². The summed E-state index contributed by atoms with van der Waals surface area (Å²) in [6, 6.07) is 0. The second-order valence-corrected chi connectivity index (χ2v) is 4.82. The Hall–Kier alpha value is -0.700. The Morgan fingerprint density at radius 1 is 1.36 bits per heavy atom. The van der Waals surface area contributed by atoms with E-state index in [0.717, 1.165) is 12.8 Å².